The van der Waals surface area contributed by atoms with Gasteiger partial charge < -0.3 is 36.5 Å². The third-order valence-corrected chi connectivity index (χ3v) is 4.89. The number of nitrogens with two attached hydrogens (primary N) is 1. The van der Waals surface area contributed by atoms with E-state index in [1.165, 1.54) is 12.1 Å². The summed E-state index contributed by atoms with van der Waals surface area (Å²) >= 11 is 6.10. The van der Waals surface area contributed by atoms with Gasteiger partial charge in [0.25, 0.3) is 5.91 Å². The van der Waals surface area contributed by atoms with Crippen LogP contribution in [0.4, 0.5) is 11.4 Å². The first-order valence-electron chi connectivity index (χ1n) is 9.86. The molecule has 10 nitrogen and oxygen atoms in total. The zero-order valence-corrected chi connectivity index (χ0v) is 18.4. The van der Waals surface area contributed by atoms with Crippen molar-refractivity contribution < 1.29 is 29.7 Å². The Morgan fingerprint density at radius 1 is 1.09 bits per heavy atom. The Labute approximate surface area is 199 Å². The van der Waals surface area contributed by atoms with Crippen LogP contribution in [0.25, 0.3) is 0 Å². The molecule has 0 aliphatic carbocycles. The van der Waals surface area contributed by atoms with Crippen molar-refractivity contribution >= 4 is 40.7 Å². The molecule has 0 fully saturated rings. The number of carbonyl (C=O) groups excluding carboxylic acids is 1. The molecule has 3 aromatic carbocycles. The lowest BCUT2D eigenvalue weighted by atomic mass is 10.1. The van der Waals surface area contributed by atoms with Gasteiger partial charge in [-0.3, -0.25) is 4.79 Å². The molecule has 3 aromatic rings. The minimum atomic E-state index is -1.18. The van der Waals surface area contributed by atoms with Crippen LogP contribution in [-0.4, -0.2) is 39.7 Å². The number of nitrogens with one attached hydrogen (secondary N) is 2. The quantitative estimate of drug-likeness (QED) is 0.116. The number of nitrogens with zero attached hydrogens (tertiary/aromatic N) is 1. The summed E-state index contributed by atoms with van der Waals surface area (Å²) < 4.78 is 5.21. The number of benzene rings is 3. The molecule has 176 valence electrons. The highest BCUT2D eigenvalue weighted by molar-refractivity contribution is 6.31. The molecule has 0 aliphatic rings. The summed E-state index contributed by atoms with van der Waals surface area (Å²) in [5.74, 6) is -1.86. The van der Waals surface area contributed by atoms with Crippen molar-refractivity contribution in [2.45, 2.75) is 6.54 Å². The number of carboxylic acid groups (broad SMARTS) is 1. The standard InChI is InChI=1S/C23H21ClN4O6/c24-15-6-9-18(26-11-14-2-1-3-19(29)21(14)34-12-20(30)31)17(10-15)23(32)27-16-7-4-13(5-8-16)22(25)28-33/h1-10,26,29,33H,11-12H2,(H2,25,28)(H,27,32)(H,30,31). The highest BCUT2D eigenvalue weighted by Crippen LogP contribution is 2.31. The molecule has 0 bridgehead atoms. The van der Waals surface area contributed by atoms with E-state index >= 15 is 0 Å². The number of amides is 1. The number of halogens is 1. The van der Waals surface area contributed by atoms with Crippen molar-refractivity contribution in [1.29, 1.82) is 0 Å². The first kappa shape index (κ1) is 24.2. The van der Waals surface area contributed by atoms with Gasteiger partial charge >= 0.3 is 5.97 Å². The number of carboxylic acids is 1. The maximum atomic E-state index is 12.9. The molecule has 3 rings (SSSR count). The summed E-state index contributed by atoms with van der Waals surface area (Å²) in [6.45, 7) is -0.493. The molecular weight excluding hydrogens is 464 g/mol. The minimum absolute atomic E-state index is 0.0307. The number of carbonyl (C=O) groups is 2. The Kier molecular flexibility index (Phi) is 7.78. The molecule has 1 amide bonds. The lowest BCUT2D eigenvalue weighted by molar-refractivity contribution is -0.139. The second kappa shape index (κ2) is 10.9. The summed E-state index contributed by atoms with van der Waals surface area (Å²) in [6.07, 6.45) is 0. The summed E-state index contributed by atoms with van der Waals surface area (Å²) in [5, 5.41) is 36.8. The van der Waals surface area contributed by atoms with Crippen molar-refractivity contribution in [3.05, 3.63) is 82.4 Å². The van der Waals surface area contributed by atoms with Gasteiger partial charge in [0.2, 0.25) is 0 Å². The fourth-order valence-electron chi connectivity index (χ4n) is 3.04. The normalized spacial score (nSPS) is 11.0. The second-order valence-electron chi connectivity index (χ2n) is 7.01. The summed E-state index contributed by atoms with van der Waals surface area (Å²) in [6, 6.07) is 15.7. The summed E-state index contributed by atoms with van der Waals surface area (Å²) in [5.41, 5.74) is 7.69. The molecule has 34 heavy (non-hydrogen) atoms. The van der Waals surface area contributed by atoms with E-state index in [4.69, 9.17) is 32.4 Å². The molecule has 0 saturated carbocycles. The van der Waals surface area contributed by atoms with Crippen molar-refractivity contribution in [1.82, 2.24) is 0 Å². The van der Waals surface area contributed by atoms with Crippen molar-refractivity contribution in [2.75, 3.05) is 17.2 Å². The van der Waals surface area contributed by atoms with Crippen molar-refractivity contribution in [2.24, 2.45) is 10.9 Å². The maximum Gasteiger partial charge on any atom is 0.341 e. The van der Waals surface area contributed by atoms with Crippen LogP contribution >= 0.6 is 11.6 Å². The van der Waals surface area contributed by atoms with Gasteiger partial charge in [0, 0.05) is 34.1 Å². The summed E-state index contributed by atoms with van der Waals surface area (Å²) in [7, 11) is 0. The van der Waals surface area contributed by atoms with Crippen LogP contribution in [0, 0.1) is 0 Å². The molecule has 0 atom stereocenters. The monoisotopic (exact) mass is 484 g/mol. The molecule has 0 heterocycles. The van der Waals surface area contributed by atoms with E-state index in [0.717, 1.165) is 0 Å². The Bertz CT molecular complexity index is 1230. The molecule has 0 aliphatic heterocycles. The number of aromatic hydroxyl groups is 1. The van der Waals surface area contributed by atoms with Gasteiger partial charge in [-0.1, -0.05) is 28.9 Å². The molecular formula is C23H21ClN4O6. The fraction of sp³-hybridized carbons (Fsp3) is 0.0870. The molecule has 0 spiro atoms. The lowest BCUT2D eigenvalue weighted by Gasteiger charge is -2.16. The predicted octanol–water partition coefficient (Wildman–Crippen LogP) is 3.47. The number of rotatable bonds is 9. The van der Waals surface area contributed by atoms with E-state index in [2.05, 4.69) is 15.8 Å². The van der Waals surface area contributed by atoms with Crippen LogP contribution in [0.5, 0.6) is 11.5 Å². The smallest absolute Gasteiger partial charge is 0.341 e. The highest BCUT2D eigenvalue weighted by Gasteiger charge is 2.15. The third kappa shape index (κ3) is 6.08. The number of phenolic OH excluding ortho intramolecular Hbond substituents is 1. The van der Waals surface area contributed by atoms with Crippen LogP contribution in [0.15, 0.2) is 65.8 Å². The number of aliphatic carboxylic acids is 1. The number of hydrogen-bond donors (Lipinski definition) is 6. The van der Waals surface area contributed by atoms with Gasteiger partial charge in [0.15, 0.2) is 23.9 Å². The first-order chi connectivity index (χ1) is 16.3. The van der Waals surface area contributed by atoms with Crippen LogP contribution in [0.3, 0.4) is 0 Å². The van der Waals surface area contributed by atoms with Crippen LogP contribution in [0.1, 0.15) is 21.5 Å². The predicted molar refractivity (Wildman–Crippen MR) is 127 cm³/mol. The van der Waals surface area contributed by atoms with Gasteiger partial charge in [0.05, 0.1) is 5.56 Å². The van der Waals surface area contributed by atoms with Crippen molar-refractivity contribution in [3.63, 3.8) is 0 Å². The lowest BCUT2D eigenvalue weighted by Crippen LogP contribution is -2.16. The zero-order valence-electron chi connectivity index (χ0n) is 17.7. The molecule has 11 heteroatoms. The Morgan fingerprint density at radius 2 is 1.82 bits per heavy atom. The Morgan fingerprint density at radius 3 is 2.50 bits per heavy atom. The van der Waals surface area contributed by atoms with Crippen LogP contribution in [0.2, 0.25) is 5.02 Å². The van der Waals surface area contributed by atoms with E-state index in [9.17, 15) is 14.7 Å². The van der Waals surface area contributed by atoms with E-state index in [0.29, 0.717) is 27.5 Å². The van der Waals surface area contributed by atoms with Crippen LogP contribution < -0.4 is 21.1 Å². The Hall–Kier alpha value is -4.44. The van der Waals surface area contributed by atoms with Crippen LogP contribution in [-0.2, 0) is 11.3 Å². The molecule has 0 saturated heterocycles. The van der Waals surface area contributed by atoms with Crippen molar-refractivity contribution in [3.8, 4) is 11.5 Å². The Balaban J connectivity index is 1.79. The average Bonchev–Trinajstić information content (AvgIpc) is 2.82. The van der Waals surface area contributed by atoms with Gasteiger partial charge in [-0.15, -0.1) is 0 Å². The fourth-order valence-corrected chi connectivity index (χ4v) is 3.21. The average molecular weight is 485 g/mol. The highest BCUT2D eigenvalue weighted by atomic mass is 35.5. The number of amidine groups is 1. The zero-order chi connectivity index (χ0) is 24.7. The third-order valence-electron chi connectivity index (χ3n) is 4.66. The molecule has 0 aromatic heterocycles. The number of phenols is 1. The SMILES string of the molecule is N/C(=N\O)c1ccc(NC(=O)c2cc(Cl)ccc2NCc2cccc(O)c2OCC(=O)O)cc1. The number of para-hydroxylation sites is 1. The largest absolute Gasteiger partial charge is 0.504 e. The first-order valence-corrected chi connectivity index (χ1v) is 10.2. The number of hydrogen-bond acceptors (Lipinski definition) is 7. The van der Waals surface area contributed by atoms with Gasteiger partial charge in [0.1, 0.15) is 0 Å². The van der Waals surface area contributed by atoms with E-state index < -0.39 is 18.5 Å². The van der Waals surface area contributed by atoms with E-state index in [-0.39, 0.29) is 29.4 Å². The number of anilines is 2. The number of ether oxygens (including phenoxy) is 1. The van der Waals surface area contributed by atoms with E-state index in [1.807, 2.05) is 0 Å². The maximum absolute atomic E-state index is 12.9. The van der Waals surface area contributed by atoms with Gasteiger partial charge in [-0.2, -0.15) is 0 Å². The molecule has 0 radical (unpaired) electrons. The minimum Gasteiger partial charge on any atom is -0.504 e. The topological polar surface area (TPSA) is 166 Å². The van der Waals surface area contributed by atoms with Gasteiger partial charge in [-0.05, 0) is 48.5 Å². The number of oxime groups is 1. The molecule has 0 unspecified atom stereocenters. The van der Waals surface area contributed by atoms with Gasteiger partial charge in [-0.25, -0.2) is 4.79 Å². The molecule has 7 N–H and O–H groups in total. The van der Waals surface area contributed by atoms with E-state index in [1.54, 1.807) is 48.5 Å². The second-order valence-corrected chi connectivity index (χ2v) is 7.44. The summed E-state index contributed by atoms with van der Waals surface area (Å²) in [4.78, 5) is 23.8.